The lowest BCUT2D eigenvalue weighted by molar-refractivity contribution is -0.117. The van der Waals surface area contributed by atoms with Gasteiger partial charge in [-0.05, 0) is 30.7 Å². The Labute approximate surface area is 120 Å². The van der Waals surface area contributed by atoms with Crippen LogP contribution in [0.1, 0.15) is 38.2 Å². The molecule has 1 aliphatic rings. The Kier molecular flexibility index (Phi) is 4.76. The van der Waals surface area contributed by atoms with Crippen LogP contribution in [0.4, 0.5) is 0 Å². The maximum Gasteiger partial charge on any atom is 0.155 e. The Bertz CT molecular complexity index is 548. The Morgan fingerprint density at radius 3 is 2.80 bits per heavy atom. The van der Waals surface area contributed by atoms with Crippen molar-refractivity contribution in [3.05, 3.63) is 48.0 Å². The quantitative estimate of drug-likeness (QED) is 0.855. The Morgan fingerprint density at radius 2 is 2.10 bits per heavy atom. The molecule has 0 spiro atoms. The highest BCUT2D eigenvalue weighted by molar-refractivity contribution is 5.91. The van der Waals surface area contributed by atoms with Gasteiger partial charge in [0, 0.05) is 17.9 Å². The van der Waals surface area contributed by atoms with Crippen molar-refractivity contribution in [2.45, 2.75) is 38.2 Å². The van der Waals surface area contributed by atoms with E-state index in [0.717, 1.165) is 24.8 Å². The van der Waals surface area contributed by atoms with E-state index in [1.54, 1.807) is 6.08 Å². The van der Waals surface area contributed by atoms with Crippen LogP contribution in [-0.2, 0) is 4.79 Å². The minimum absolute atomic E-state index is 0.0808. The molecule has 2 nitrogen and oxygen atoms in total. The second kappa shape index (κ2) is 6.54. The summed E-state index contributed by atoms with van der Waals surface area (Å²) in [6.45, 7) is 2.11. The Morgan fingerprint density at radius 1 is 1.35 bits per heavy atom. The van der Waals surface area contributed by atoms with Gasteiger partial charge in [-0.25, -0.2) is 0 Å². The van der Waals surface area contributed by atoms with Crippen molar-refractivity contribution in [3.8, 4) is 11.8 Å². The third-order valence-corrected chi connectivity index (χ3v) is 3.68. The van der Waals surface area contributed by atoms with Gasteiger partial charge in [-0.15, -0.1) is 0 Å². The first-order valence-corrected chi connectivity index (χ1v) is 7.16. The molecule has 0 aromatic heterocycles. The molecular weight excluding hydrogens is 248 g/mol. The van der Waals surface area contributed by atoms with Crippen LogP contribution in [0, 0.1) is 17.8 Å². The van der Waals surface area contributed by atoms with Gasteiger partial charge in [0.15, 0.2) is 5.78 Å². The van der Waals surface area contributed by atoms with Crippen LogP contribution in [0.3, 0.4) is 0 Å². The standard InChI is InChI=1S/C18H20O2/c1-2-3-9-16-14-17(19)11-13-18(16,20)12-10-15-7-5-4-6-8-15/h4-8,11,13,16,20H,2-3,9,14H2,1H3/t16-,18+/m1/s1. The van der Waals surface area contributed by atoms with Crippen molar-refractivity contribution in [2.24, 2.45) is 5.92 Å². The molecule has 2 rings (SSSR count). The highest BCUT2D eigenvalue weighted by atomic mass is 16.3. The molecule has 2 heteroatoms. The van der Waals surface area contributed by atoms with Crippen LogP contribution in [0.2, 0.25) is 0 Å². The van der Waals surface area contributed by atoms with Crippen molar-refractivity contribution in [2.75, 3.05) is 0 Å². The Balaban J connectivity index is 2.23. The molecule has 2 atom stereocenters. The molecule has 1 aromatic carbocycles. The van der Waals surface area contributed by atoms with Crippen LogP contribution in [0.5, 0.6) is 0 Å². The molecule has 0 unspecified atom stereocenters. The average molecular weight is 268 g/mol. The Hall–Kier alpha value is -1.85. The minimum atomic E-state index is -1.18. The van der Waals surface area contributed by atoms with E-state index in [1.165, 1.54) is 6.08 Å². The zero-order valence-electron chi connectivity index (χ0n) is 11.8. The summed E-state index contributed by atoms with van der Waals surface area (Å²) in [5, 5.41) is 10.7. The van der Waals surface area contributed by atoms with Crippen LogP contribution in [-0.4, -0.2) is 16.5 Å². The van der Waals surface area contributed by atoms with Crippen molar-refractivity contribution >= 4 is 5.78 Å². The van der Waals surface area contributed by atoms with E-state index >= 15 is 0 Å². The van der Waals surface area contributed by atoms with E-state index in [-0.39, 0.29) is 11.7 Å². The number of aliphatic hydroxyl groups is 1. The third-order valence-electron chi connectivity index (χ3n) is 3.68. The van der Waals surface area contributed by atoms with E-state index < -0.39 is 5.60 Å². The summed E-state index contributed by atoms with van der Waals surface area (Å²) in [7, 11) is 0. The van der Waals surface area contributed by atoms with E-state index in [9.17, 15) is 9.90 Å². The third kappa shape index (κ3) is 3.59. The SMILES string of the molecule is CCCC[C@@H]1CC(=O)C=C[C@@]1(O)C#Cc1ccccc1. The second-order valence-corrected chi connectivity index (χ2v) is 5.28. The molecule has 0 amide bonds. The van der Waals surface area contributed by atoms with Gasteiger partial charge in [0.25, 0.3) is 0 Å². The molecule has 1 N–H and O–H groups in total. The fourth-order valence-electron chi connectivity index (χ4n) is 2.43. The molecule has 0 saturated heterocycles. The maximum atomic E-state index is 11.6. The molecule has 0 aliphatic heterocycles. The number of rotatable bonds is 3. The molecular formula is C18H20O2. The molecule has 104 valence electrons. The maximum absolute atomic E-state index is 11.6. The van der Waals surface area contributed by atoms with Crippen molar-refractivity contribution in [3.63, 3.8) is 0 Å². The average Bonchev–Trinajstić information content (AvgIpc) is 2.48. The topological polar surface area (TPSA) is 37.3 Å². The summed E-state index contributed by atoms with van der Waals surface area (Å²) >= 11 is 0. The van der Waals surface area contributed by atoms with Gasteiger partial charge >= 0.3 is 0 Å². The molecule has 0 bridgehead atoms. The first-order valence-electron chi connectivity index (χ1n) is 7.16. The van der Waals surface area contributed by atoms with Crippen LogP contribution < -0.4 is 0 Å². The number of hydrogen-bond acceptors (Lipinski definition) is 2. The zero-order valence-corrected chi connectivity index (χ0v) is 11.8. The van der Waals surface area contributed by atoms with Crippen molar-refractivity contribution in [1.29, 1.82) is 0 Å². The van der Waals surface area contributed by atoms with Crippen molar-refractivity contribution in [1.82, 2.24) is 0 Å². The van der Waals surface area contributed by atoms with Gasteiger partial charge in [0.05, 0.1) is 0 Å². The van der Waals surface area contributed by atoms with Gasteiger partial charge < -0.3 is 5.11 Å². The van der Waals surface area contributed by atoms with Gasteiger partial charge in [-0.2, -0.15) is 0 Å². The highest BCUT2D eigenvalue weighted by Gasteiger charge is 2.36. The number of ketones is 1. The summed E-state index contributed by atoms with van der Waals surface area (Å²) in [5.41, 5.74) is -0.306. The number of hydrogen-bond donors (Lipinski definition) is 1. The van der Waals surface area contributed by atoms with Crippen LogP contribution in [0.15, 0.2) is 42.5 Å². The lowest BCUT2D eigenvalue weighted by Crippen LogP contribution is -2.38. The molecule has 0 fully saturated rings. The minimum Gasteiger partial charge on any atom is -0.374 e. The normalized spacial score (nSPS) is 25.1. The van der Waals surface area contributed by atoms with Gasteiger partial charge in [-0.1, -0.05) is 49.8 Å². The van der Waals surface area contributed by atoms with E-state index in [0.29, 0.717) is 6.42 Å². The van der Waals surface area contributed by atoms with Crippen LogP contribution >= 0.6 is 0 Å². The van der Waals surface area contributed by atoms with E-state index in [2.05, 4.69) is 18.8 Å². The monoisotopic (exact) mass is 268 g/mol. The molecule has 20 heavy (non-hydrogen) atoms. The number of allylic oxidation sites excluding steroid dienone is 1. The van der Waals surface area contributed by atoms with Gasteiger partial charge in [0.2, 0.25) is 0 Å². The summed E-state index contributed by atoms with van der Waals surface area (Å²) in [6, 6.07) is 9.60. The molecule has 0 heterocycles. The molecule has 1 aliphatic carbocycles. The fraction of sp³-hybridized carbons (Fsp3) is 0.389. The van der Waals surface area contributed by atoms with E-state index in [1.807, 2.05) is 30.3 Å². The lowest BCUT2D eigenvalue weighted by Gasteiger charge is -2.31. The van der Waals surface area contributed by atoms with Crippen LogP contribution in [0.25, 0.3) is 0 Å². The van der Waals surface area contributed by atoms with Gasteiger partial charge in [-0.3, -0.25) is 4.79 Å². The molecule has 0 saturated carbocycles. The number of carbonyl (C=O) groups excluding carboxylic acids is 1. The second-order valence-electron chi connectivity index (χ2n) is 5.28. The van der Waals surface area contributed by atoms with Crippen molar-refractivity contribution < 1.29 is 9.90 Å². The first kappa shape index (κ1) is 14.6. The summed E-state index contributed by atoms with van der Waals surface area (Å²) in [5.74, 6) is 5.95. The number of unbranched alkanes of at least 4 members (excludes halogenated alkanes) is 1. The molecule has 1 aromatic rings. The zero-order chi connectivity index (χ0) is 14.4. The summed E-state index contributed by atoms with van der Waals surface area (Å²) in [6.07, 6.45) is 6.29. The summed E-state index contributed by atoms with van der Waals surface area (Å²) < 4.78 is 0. The fourth-order valence-corrected chi connectivity index (χ4v) is 2.43. The predicted octanol–water partition coefficient (Wildman–Crippen LogP) is 3.10. The smallest absolute Gasteiger partial charge is 0.155 e. The predicted molar refractivity (Wildman–Crippen MR) is 80.0 cm³/mol. The van der Waals surface area contributed by atoms with E-state index in [4.69, 9.17) is 0 Å². The molecule has 0 radical (unpaired) electrons. The largest absolute Gasteiger partial charge is 0.374 e. The summed E-state index contributed by atoms with van der Waals surface area (Å²) in [4.78, 5) is 11.6. The van der Waals surface area contributed by atoms with Gasteiger partial charge in [0.1, 0.15) is 5.60 Å². The first-order chi connectivity index (χ1) is 9.64. The lowest BCUT2D eigenvalue weighted by atomic mass is 9.77. The number of carbonyl (C=O) groups is 1. The highest BCUT2D eigenvalue weighted by Crippen LogP contribution is 2.31. The number of benzene rings is 1.